The standard InChI is InChI=1S/C16H33NO/c1-7-9-10-11-12-13-14(17-8-2)15(18-6)16(3,4)5/h7,14-15,17H,1,8-13H2,2-6H3. The van der Waals surface area contributed by atoms with Gasteiger partial charge in [0.05, 0.1) is 6.10 Å². The Morgan fingerprint density at radius 3 is 2.33 bits per heavy atom. The summed E-state index contributed by atoms with van der Waals surface area (Å²) >= 11 is 0. The molecule has 0 aromatic heterocycles. The molecule has 0 aromatic carbocycles. The second-order valence-electron chi connectivity index (χ2n) is 6.11. The van der Waals surface area contributed by atoms with Crippen LogP contribution in [-0.2, 0) is 4.74 Å². The van der Waals surface area contributed by atoms with Gasteiger partial charge in [-0.3, -0.25) is 0 Å². The molecule has 0 aliphatic carbocycles. The summed E-state index contributed by atoms with van der Waals surface area (Å²) in [5, 5.41) is 3.59. The van der Waals surface area contributed by atoms with E-state index in [0.29, 0.717) is 6.04 Å². The van der Waals surface area contributed by atoms with Crippen LogP contribution in [0.3, 0.4) is 0 Å². The van der Waals surface area contributed by atoms with E-state index in [1.165, 1.54) is 25.7 Å². The van der Waals surface area contributed by atoms with Crippen LogP contribution in [0.2, 0.25) is 0 Å². The Hall–Kier alpha value is -0.340. The van der Waals surface area contributed by atoms with Gasteiger partial charge in [-0.15, -0.1) is 6.58 Å². The number of hydrogen-bond acceptors (Lipinski definition) is 2. The lowest BCUT2D eigenvalue weighted by Crippen LogP contribution is -2.47. The molecule has 108 valence electrons. The van der Waals surface area contributed by atoms with Crippen LogP contribution in [0.5, 0.6) is 0 Å². The molecule has 0 heterocycles. The molecule has 18 heavy (non-hydrogen) atoms. The van der Waals surface area contributed by atoms with Gasteiger partial charge in [0.15, 0.2) is 0 Å². The first-order valence-electron chi connectivity index (χ1n) is 7.34. The predicted octanol–water partition coefficient (Wildman–Crippen LogP) is 4.16. The molecule has 2 nitrogen and oxygen atoms in total. The van der Waals surface area contributed by atoms with E-state index in [4.69, 9.17) is 4.74 Å². The molecule has 2 heteroatoms. The Kier molecular flexibility index (Phi) is 9.39. The minimum atomic E-state index is 0.183. The first-order chi connectivity index (χ1) is 8.47. The highest BCUT2D eigenvalue weighted by Crippen LogP contribution is 2.26. The molecule has 0 aliphatic rings. The number of methoxy groups -OCH3 is 1. The molecular weight excluding hydrogens is 222 g/mol. The van der Waals surface area contributed by atoms with E-state index < -0.39 is 0 Å². The molecule has 0 bridgehead atoms. The fourth-order valence-electron chi connectivity index (χ4n) is 2.57. The zero-order valence-electron chi connectivity index (χ0n) is 13.1. The van der Waals surface area contributed by atoms with Gasteiger partial charge in [-0.05, 0) is 31.2 Å². The largest absolute Gasteiger partial charge is 0.379 e. The lowest BCUT2D eigenvalue weighted by Gasteiger charge is -2.36. The van der Waals surface area contributed by atoms with Gasteiger partial charge in [0.2, 0.25) is 0 Å². The van der Waals surface area contributed by atoms with Gasteiger partial charge in [0, 0.05) is 13.2 Å². The van der Waals surface area contributed by atoms with Crippen molar-refractivity contribution in [1.29, 1.82) is 0 Å². The molecule has 0 saturated heterocycles. The van der Waals surface area contributed by atoms with E-state index in [2.05, 4.69) is 39.6 Å². The van der Waals surface area contributed by atoms with Crippen molar-refractivity contribution in [2.75, 3.05) is 13.7 Å². The molecule has 0 spiro atoms. The summed E-state index contributed by atoms with van der Waals surface area (Å²) in [7, 11) is 1.83. The van der Waals surface area contributed by atoms with Gasteiger partial charge < -0.3 is 10.1 Å². The third kappa shape index (κ3) is 7.17. The molecule has 0 saturated carbocycles. The molecule has 2 atom stereocenters. The lowest BCUT2D eigenvalue weighted by molar-refractivity contribution is -0.0133. The summed E-state index contributed by atoms with van der Waals surface area (Å²) in [5.74, 6) is 0. The lowest BCUT2D eigenvalue weighted by atomic mass is 9.82. The Bertz CT molecular complexity index is 208. The van der Waals surface area contributed by atoms with Crippen molar-refractivity contribution in [3.8, 4) is 0 Å². The number of likely N-dealkylation sites (N-methyl/N-ethyl adjacent to an activating group) is 1. The van der Waals surface area contributed by atoms with Crippen LogP contribution in [-0.4, -0.2) is 25.8 Å². The van der Waals surface area contributed by atoms with Crippen LogP contribution in [0.1, 0.15) is 59.8 Å². The van der Waals surface area contributed by atoms with Crippen LogP contribution < -0.4 is 5.32 Å². The summed E-state index contributed by atoms with van der Waals surface area (Å²) in [6.07, 6.45) is 8.43. The zero-order chi connectivity index (χ0) is 14.0. The van der Waals surface area contributed by atoms with Crippen molar-refractivity contribution >= 4 is 0 Å². The Balaban J connectivity index is 4.22. The molecular formula is C16H33NO. The second kappa shape index (κ2) is 9.57. The van der Waals surface area contributed by atoms with E-state index >= 15 is 0 Å². The number of allylic oxidation sites excluding steroid dienone is 1. The maximum atomic E-state index is 5.73. The smallest absolute Gasteiger partial charge is 0.0772 e. The summed E-state index contributed by atoms with van der Waals surface area (Å²) in [6, 6.07) is 0.462. The van der Waals surface area contributed by atoms with Crippen LogP contribution in [0.4, 0.5) is 0 Å². The van der Waals surface area contributed by atoms with Gasteiger partial charge in [0.25, 0.3) is 0 Å². The second-order valence-corrected chi connectivity index (χ2v) is 6.11. The van der Waals surface area contributed by atoms with E-state index in [0.717, 1.165) is 13.0 Å². The number of ether oxygens (including phenoxy) is 1. The zero-order valence-corrected chi connectivity index (χ0v) is 13.1. The summed E-state index contributed by atoms with van der Waals surface area (Å²) in [6.45, 7) is 13.7. The van der Waals surface area contributed by atoms with Crippen molar-refractivity contribution < 1.29 is 4.74 Å². The molecule has 0 amide bonds. The molecule has 2 unspecified atom stereocenters. The van der Waals surface area contributed by atoms with E-state index in [1.807, 2.05) is 13.2 Å². The first kappa shape index (κ1) is 17.7. The SMILES string of the molecule is C=CCCCCCC(NCC)C(OC)C(C)(C)C. The third-order valence-corrected chi connectivity index (χ3v) is 3.36. The number of nitrogens with one attached hydrogen (secondary N) is 1. The minimum absolute atomic E-state index is 0.183. The van der Waals surface area contributed by atoms with Crippen molar-refractivity contribution in [1.82, 2.24) is 5.32 Å². The minimum Gasteiger partial charge on any atom is -0.379 e. The van der Waals surface area contributed by atoms with Crippen molar-refractivity contribution in [3.63, 3.8) is 0 Å². The maximum absolute atomic E-state index is 5.73. The van der Waals surface area contributed by atoms with Crippen LogP contribution in [0.15, 0.2) is 12.7 Å². The summed E-state index contributed by atoms with van der Waals surface area (Å²) < 4.78 is 5.73. The fourth-order valence-corrected chi connectivity index (χ4v) is 2.57. The van der Waals surface area contributed by atoms with Crippen molar-refractivity contribution in [2.24, 2.45) is 5.41 Å². The topological polar surface area (TPSA) is 21.3 Å². The van der Waals surface area contributed by atoms with Gasteiger partial charge in [-0.1, -0.05) is 46.6 Å². The van der Waals surface area contributed by atoms with Gasteiger partial charge in [-0.2, -0.15) is 0 Å². The maximum Gasteiger partial charge on any atom is 0.0772 e. The van der Waals surface area contributed by atoms with Crippen molar-refractivity contribution in [3.05, 3.63) is 12.7 Å². The number of hydrogen-bond donors (Lipinski definition) is 1. The Labute approximate surface area is 114 Å². The normalized spacial score (nSPS) is 15.4. The average Bonchev–Trinajstić information content (AvgIpc) is 2.27. The molecule has 0 aliphatic heterocycles. The molecule has 0 radical (unpaired) electrons. The summed E-state index contributed by atoms with van der Waals surface area (Å²) in [5.41, 5.74) is 0.183. The van der Waals surface area contributed by atoms with E-state index in [-0.39, 0.29) is 11.5 Å². The number of rotatable bonds is 10. The van der Waals surface area contributed by atoms with Crippen molar-refractivity contribution in [2.45, 2.75) is 71.9 Å². The van der Waals surface area contributed by atoms with E-state index in [1.54, 1.807) is 0 Å². The van der Waals surface area contributed by atoms with Crippen LogP contribution >= 0.6 is 0 Å². The predicted molar refractivity (Wildman–Crippen MR) is 81.0 cm³/mol. The highest BCUT2D eigenvalue weighted by molar-refractivity contribution is 4.86. The summed E-state index contributed by atoms with van der Waals surface area (Å²) in [4.78, 5) is 0. The highest BCUT2D eigenvalue weighted by Gasteiger charge is 2.31. The Morgan fingerprint density at radius 1 is 1.22 bits per heavy atom. The quantitative estimate of drug-likeness (QED) is 0.467. The molecule has 0 rings (SSSR count). The number of unbranched alkanes of at least 4 members (excludes halogenated alkanes) is 3. The fraction of sp³-hybridized carbons (Fsp3) is 0.875. The Morgan fingerprint density at radius 2 is 1.89 bits per heavy atom. The monoisotopic (exact) mass is 255 g/mol. The van der Waals surface area contributed by atoms with Gasteiger partial charge in [0.1, 0.15) is 0 Å². The molecule has 0 aromatic rings. The van der Waals surface area contributed by atoms with Crippen LogP contribution in [0.25, 0.3) is 0 Å². The van der Waals surface area contributed by atoms with Crippen LogP contribution in [0, 0.1) is 5.41 Å². The molecule has 1 N–H and O–H groups in total. The molecule has 0 fully saturated rings. The van der Waals surface area contributed by atoms with Gasteiger partial charge >= 0.3 is 0 Å². The third-order valence-electron chi connectivity index (χ3n) is 3.36. The highest BCUT2D eigenvalue weighted by atomic mass is 16.5. The van der Waals surface area contributed by atoms with E-state index in [9.17, 15) is 0 Å². The average molecular weight is 255 g/mol. The van der Waals surface area contributed by atoms with Gasteiger partial charge in [-0.25, -0.2) is 0 Å². The first-order valence-corrected chi connectivity index (χ1v) is 7.34.